The van der Waals surface area contributed by atoms with E-state index in [1.165, 1.54) is 22.5 Å². The van der Waals surface area contributed by atoms with E-state index in [0.717, 1.165) is 10.9 Å². The second-order valence-electron chi connectivity index (χ2n) is 5.35. The van der Waals surface area contributed by atoms with E-state index >= 15 is 0 Å². The number of anilines is 2. The molecule has 2 aromatic rings. The number of rotatable bonds is 4. The minimum absolute atomic E-state index is 0.154. The molecule has 0 aromatic heterocycles. The van der Waals surface area contributed by atoms with Crippen LogP contribution in [0.5, 0.6) is 0 Å². The van der Waals surface area contributed by atoms with Crippen LogP contribution >= 0.6 is 15.9 Å². The highest BCUT2D eigenvalue weighted by Crippen LogP contribution is 2.30. The Balaban J connectivity index is 2.39. The molecule has 2 nitrogen and oxygen atoms in total. The van der Waals surface area contributed by atoms with Gasteiger partial charge in [0, 0.05) is 28.9 Å². The molecule has 0 heterocycles. The van der Waals surface area contributed by atoms with Crippen molar-refractivity contribution in [3.8, 4) is 0 Å². The van der Waals surface area contributed by atoms with Gasteiger partial charge in [0.2, 0.25) is 0 Å². The number of hydrogen-bond donors (Lipinski definition) is 1. The largest absolute Gasteiger partial charge is 0.344 e. The fraction of sp³-hybridized carbons (Fsp3) is 0.294. The Morgan fingerprint density at radius 3 is 2.40 bits per heavy atom. The molecule has 0 saturated heterocycles. The first-order valence-electron chi connectivity index (χ1n) is 6.82. The molecular weight excluding hydrogens is 312 g/mol. The Hall–Kier alpha value is -1.32. The Labute approximate surface area is 129 Å². The number of halogens is 1. The van der Waals surface area contributed by atoms with Crippen molar-refractivity contribution in [1.82, 2.24) is 0 Å². The first kappa shape index (κ1) is 15.1. The predicted molar refractivity (Wildman–Crippen MR) is 90.7 cm³/mol. The van der Waals surface area contributed by atoms with Crippen LogP contribution in [0.25, 0.3) is 0 Å². The van der Waals surface area contributed by atoms with Gasteiger partial charge in [-0.25, -0.2) is 0 Å². The molecule has 0 bridgehead atoms. The van der Waals surface area contributed by atoms with Crippen molar-refractivity contribution in [3.05, 3.63) is 58.1 Å². The van der Waals surface area contributed by atoms with Crippen LogP contribution in [0.2, 0.25) is 0 Å². The smallest absolute Gasteiger partial charge is 0.0452 e. The topological polar surface area (TPSA) is 29.3 Å². The maximum Gasteiger partial charge on any atom is 0.0452 e. The Bertz CT molecular complexity index is 576. The number of aryl methyl sites for hydroxylation is 1. The van der Waals surface area contributed by atoms with Gasteiger partial charge in [0.25, 0.3) is 0 Å². The number of nitrogens with zero attached hydrogens (tertiary/aromatic N) is 1. The summed E-state index contributed by atoms with van der Waals surface area (Å²) in [5.41, 5.74) is 10.9. The summed E-state index contributed by atoms with van der Waals surface area (Å²) in [6.45, 7) is 4.14. The van der Waals surface area contributed by atoms with Gasteiger partial charge in [-0.1, -0.05) is 39.7 Å². The second-order valence-corrected chi connectivity index (χ2v) is 6.26. The van der Waals surface area contributed by atoms with Crippen LogP contribution in [0, 0.1) is 6.92 Å². The molecule has 1 unspecified atom stereocenters. The molecule has 0 fully saturated rings. The monoisotopic (exact) mass is 332 g/mol. The highest BCUT2D eigenvalue weighted by Gasteiger charge is 2.11. The van der Waals surface area contributed by atoms with Gasteiger partial charge in [-0.3, -0.25) is 0 Å². The molecule has 0 amide bonds. The summed E-state index contributed by atoms with van der Waals surface area (Å²) in [4.78, 5) is 2.21. The molecule has 0 aliphatic carbocycles. The van der Waals surface area contributed by atoms with Gasteiger partial charge in [0.1, 0.15) is 0 Å². The third kappa shape index (κ3) is 3.62. The van der Waals surface area contributed by atoms with Crippen LogP contribution in [0.15, 0.2) is 46.9 Å². The van der Waals surface area contributed by atoms with Gasteiger partial charge in [-0.15, -0.1) is 0 Å². The van der Waals surface area contributed by atoms with Crippen LogP contribution in [-0.2, 0) is 6.42 Å². The van der Waals surface area contributed by atoms with Gasteiger partial charge >= 0.3 is 0 Å². The molecule has 0 aliphatic rings. The average molecular weight is 333 g/mol. The lowest BCUT2D eigenvalue weighted by Crippen LogP contribution is -2.20. The Morgan fingerprint density at radius 2 is 1.80 bits per heavy atom. The van der Waals surface area contributed by atoms with Crippen molar-refractivity contribution in [2.45, 2.75) is 26.3 Å². The van der Waals surface area contributed by atoms with E-state index in [4.69, 9.17) is 5.73 Å². The summed E-state index contributed by atoms with van der Waals surface area (Å²) in [5.74, 6) is 0. The summed E-state index contributed by atoms with van der Waals surface area (Å²) in [7, 11) is 2.09. The van der Waals surface area contributed by atoms with E-state index in [1.807, 2.05) is 6.92 Å². The van der Waals surface area contributed by atoms with Gasteiger partial charge in [0.05, 0.1) is 0 Å². The minimum Gasteiger partial charge on any atom is -0.344 e. The zero-order valence-corrected chi connectivity index (χ0v) is 13.8. The average Bonchev–Trinajstić information content (AvgIpc) is 2.40. The van der Waals surface area contributed by atoms with E-state index in [9.17, 15) is 0 Å². The normalized spacial score (nSPS) is 12.2. The maximum atomic E-state index is 5.96. The Morgan fingerprint density at radius 1 is 1.15 bits per heavy atom. The maximum absolute atomic E-state index is 5.96. The lowest BCUT2D eigenvalue weighted by molar-refractivity contribution is 0.737. The number of benzene rings is 2. The molecule has 3 heteroatoms. The third-order valence-electron chi connectivity index (χ3n) is 3.37. The van der Waals surface area contributed by atoms with Crippen molar-refractivity contribution in [2.75, 3.05) is 11.9 Å². The summed E-state index contributed by atoms with van der Waals surface area (Å²) in [5, 5.41) is 0. The molecule has 106 valence electrons. The Kier molecular flexibility index (Phi) is 4.84. The second kappa shape index (κ2) is 6.42. The quantitative estimate of drug-likeness (QED) is 0.898. The fourth-order valence-corrected chi connectivity index (χ4v) is 2.63. The fourth-order valence-electron chi connectivity index (χ4n) is 2.28. The summed E-state index contributed by atoms with van der Waals surface area (Å²) < 4.78 is 1.08. The molecule has 20 heavy (non-hydrogen) atoms. The zero-order chi connectivity index (χ0) is 14.7. The van der Waals surface area contributed by atoms with Gasteiger partial charge in [0.15, 0.2) is 0 Å². The molecule has 2 rings (SSSR count). The first-order valence-corrected chi connectivity index (χ1v) is 7.61. The molecular formula is C17H21BrN2. The van der Waals surface area contributed by atoms with Crippen molar-refractivity contribution in [1.29, 1.82) is 0 Å². The van der Waals surface area contributed by atoms with Crippen molar-refractivity contribution in [2.24, 2.45) is 5.73 Å². The van der Waals surface area contributed by atoms with E-state index in [1.54, 1.807) is 0 Å². The van der Waals surface area contributed by atoms with Crippen molar-refractivity contribution in [3.63, 3.8) is 0 Å². The number of nitrogens with two attached hydrogens (primary N) is 1. The van der Waals surface area contributed by atoms with Crippen LogP contribution in [0.3, 0.4) is 0 Å². The van der Waals surface area contributed by atoms with Gasteiger partial charge in [-0.2, -0.15) is 0 Å². The SMILES string of the molecule is Cc1ccc(N(C)c2cc(Br)ccc2CC(C)N)cc1. The highest BCUT2D eigenvalue weighted by molar-refractivity contribution is 9.10. The first-order chi connectivity index (χ1) is 9.47. The standard InChI is InChI=1S/C17H21BrN2/c1-12-4-8-16(9-5-12)20(3)17-11-15(18)7-6-14(17)10-13(2)19/h4-9,11,13H,10,19H2,1-3H3. The summed E-state index contributed by atoms with van der Waals surface area (Å²) in [6, 6.07) is 15.1. The molecule has 1 atom stereocenters. The summed E-state index contributed by atoms with van der Waals surface area (Å²) in [6.07, 6.45) is 0.874. The van der Waals surface area contributed by atoms with Crippen LogP contribution in [0.4, 0.5) is 11.4 Å². The molecule has 0 spiro atoms. The van der Waals surface area contributed by atoms with Crippen LogP contribution < -0.4 is 10.6 Å². The predicted octanol–water partition coefficient (Wildman–Crippen LogP) is 4.42. The molecule has 0 saturated carbocycles. The third-order valence-corrected chi connectivity index (χ3v) is 3.87. The van der Waals surface area contributed by atoms with E-state index in [0.29, 0.717) is 0 Å². The lowest BCUT2D eigenvalue weighted by atomic mass is 10.0. The highest BCUT2D eigenvalue weighted by atomic mass is 79.9. The van der Waals surface area contributed by atoms with Crippen LogP contribution in [0.1, 0.15) is 18.1 Å². The lowest BCUT2D eigenvalue weighted by Gasteiger charge is -2.24. The van der Waals surface area contributed by atoms with Gasteiger partial charge < -0.3 is 10.6 Å². The zero-order valence-electron chi connectivity index (χ0n) is 12.2. The summed E-state index contributed by atoms with van der Waals surface area (Å²) >= 11 is 3.56. The molecule has 2 aromatic carbocycles. The number of hydrogen-bond acceptors (Lipinski definition) is 2. The minimum atomic E-state index is 0.154. The molecule has 0 aliphatic heterocycles. The van der Waals surface area contributed by atoms with E-state index < -0.39 is 0 Å². The van der Waals surface area contributed by atoms with Crippen molar-refractivity contribution < 1.29 is 0 Å². The van der Waals surface area contributed by atoms with Crippen LogP contribution in [-0.4, -0.2) is 13.1 Å². The van der Waals surface area contributed by atoms with Crippen molar-refractivity contribution >= 4 is 27.3 Å². The molecule has 2 N–H and O–H groups in total. The molecule has 0 radical (unpaired) electrons. The van der Waals surface area contributed by atoms with E-state index in [-0.39, 0.29) is 6.04 Å². The van der Waals surface area contributed by atoms with Gasteiger partial charge in [-0.05, 0) is 50.1 Å². The van der Waals surface area contributed by atoms with E-state index in [2.05, 4.69) is 77.3 Å².